The van der Waals surface area contributed by atoms with E-state index in [1.54, 1.807) is 20.9 Å². The lowest BCUT2D eigenvalue weighted by Crippen LogP contribution is -2.37. The third-order valence-corrected chi connectivity index (χ3v) is 9.49. The molecule has 31 heavy (non-hydrogen) atoms. The molecule has 1 fully saturated rings. The van der Waals surface area contributed by atoms with Gasteiger partial charge in [-0.3, -0.25) is 4.68 Å². The zero-order valence-electron chi connectivity index (χ0n) is 18.3. The van der Waals surface area contributed by atoms with Gasteiger partial charge in [0.25, 0.3) is 0 Å². The molecule has 0 spiro atoms. The molecule has 0 atom stereocenters. The Kier molecular flexibility index (Phi) is 6.65. The smallest absolute Gasteiger partial charge is 0.246 e. The van der Waals surface area contributed by atoms with Crippen molar-refractivity contribution in [2.75, 3.05) is 40.4 Å². The lowest BCUT2D eigenvalue weighted by atomic mass is 10.3. The van der Waals surface area contributed by atoms with Gasteiger partial charge in [-0.05, 0) is 32.4 Å². The lowest BCUT2D eigenvalue weighted by Gasteiger charge is -2.22. The van der Waals surface area contributed by atoms with Crippen molar-refractivity contribution < 1.29 is 26.3 Å². The number of sulfonamides is 2. The minimum absolute atomic E-state index is 0.0499. The number of hydrogen-bond acceptors (Lipinski definition) is 7. The zero-order valence-corrected chi connectivity index (χ0v) is 20.0. The first-order valence-corrected chi connectivity index (χ1v) is 12.6. The Hall–Kier alpha value is -2.15. The molecular weight excluding hydrogens is 444 g/mol. The van der Waals surface area contributed by atoms with E-state index in [4.69, 9.17) is 9.47 Å². The molecule has 1 saturated heterocycles. The number of nitrogens with zero attached hydrogens (tertiary/aromatic N) is 4. The number of aryl methyl sites for hydroxylation is 2. The molecular formula is C19H28N4O6S2. The molecule has 12 heteroatoms. The van der Waals surface area contributed by atoms with E-state index in [1.807, 2.05) is 0 Å². The van der Waals surface area contributed by atoms with Crippen molar-refractivity contribution in [3.8, 4) is 11.5 Å². The van der Waals surface area contributed by atoms with Gasteiger partial charge in [-0.1, -0.05) is 0 Å². The highest BCUT2D eigenvalue weighted by Gasteiger charge is 2.34. The Morgan fingerprint density at radius 3 is 1.97 bits per heavy atom. The molecule has 2 heterocycles. The summed E-state index contributed by atoms with van der Waals surface area (Å²) < 4.78 is 67.5. The first-order chi connectivity index (χ1) is 14.5. The number of methoxy groups -OCH3 is 2. The highest BCUT2D eigenvalue weighted by atomic mass is 32.2. The Labute approximate surface area is 183 Å². The van der Waals surface area contributed by atoms with Gasteiger partial charge in [0.2, 0.25) is 20.0 Å². The van der Waals surface area contributed by atoms with Crippen LogP contribution in [0.25, 0.3) is 0 Å². The summed E-state index contributed by atoms with van der Waals surface area (Å²) >= 11 is 0. The van der Waals surface area contributed by atoms with Crippen LogP contribution in [0.2, 0.25) is 0 Å². The number of rotatable bonds is 6. The highest BCUT2D eigenvalue weighted by Crippen LogP contribution is 2.31. The average molecular weight is 473 g/mol. The maximum atomic E-state index is 13.2. The lowest BCUT2D eigenvalue weighted by molar-refractivity contribution is 0.353. The fourth-order valence-electron chi connectivity index (χ4n) is 3.73. The molecule has 10 nitrogen and oxygen atoms in total. The van der Waals surface area contributed by atoms with Gasteiger partial charge in [-0.2, -0.15) is 13.7 Å². The number of aromatic nitrogens is 2. The molecule has 1 aromatic heterocycles. The van der Waals surface area contributed by atoms with Crippen LogP contribution >= 0.6 is 0 Å². The maximum Gasteiger partial charge on any atom is 0.246 e. The van der Waals surface area contributed by atoms with Crippen LogP contribution in [0, 0.1) is 13.8 Å². The van der Waals surface area contributed by atoms with Crippen molar-refractivity contribution in [3.05, 3.63) is 29.6 Å². The van der Waals surface area contributed by atoms with Crippen LogP contribution in [-0.4, -0.2) is 75.6 Å². The van der Waals surface area contributed by atoms with E-state index in [1.165, 1.54) is 45.7 Å². The van der Waals surface area contributed by atoms with Crippen LogP contribution in [0.4, 0.5) is 0 Å². The van der Waals surface area contributed by atoms with E-state index in [-0.39, 0.29) is 36.0 Å². The Morgan fingerprint density at radius 2 is 1.45 bits per heavy atom. The van der Waals surface area contributed by atoms with Crippen LogP contribution in [0.1, 0.15) is 17.8 Å². The molecule has 3 rings (SSSR count). The zero-order chi connectivity index (χ0) is 23.0. The summed E-state index contributed by atoms with van der Waals surface area (Å²) in [7, 11) is -3.01. The topological polar surface area (TPSA) is 111 Å². The number of benzene rings is 1. The summed E-state index contributed by atoms with van der Waals surface area (Å²) in [5.74, 6) is 0.738. The predicted octanol–water partition coefficient (Wildman–Crippen LogP) is 1.14. The van der Waals surface area contributed by atoms with Gasteiger partial charge in [0.05, 0.1) is 30.5 Å². The molecule has 0 saturated carbocycles. The number of hydrogen-bond donors (Lipinski definition) is 0. The van der Waals surface area contributed by atoms with E-state index in [2.05, 4.69) is 5.10 Å². The van der Waals surface area contributed by atoms with Gasteiger partial charge >= 0.3 is 0 Å². The van der Waals surface area contributed by atoms with E-state index >= 15 is 0 Å². The molecule has 172 valence electrons. The van der Waals surface area contributed by atoms with E-state index in [9.17, 15) is 16.8 Å². The molecule has 0 radical (unpaired) electrons. The molecule has 2 aromatic rings. The van der Waals surface area contributed by atoms with Crippen LogP contribution in [-0.2, 0) is 27.1 Å². The molecule has 0 bridgehead atoms. The third kappa shape index (κ3) is 4.29. The minimum Gasteiger partial charge on any atom is -0.493 e. The van der Waals surface area contributed by atoms with Crippen molar-refractivity contribution in [2.45, 2.75) is 30.1 Å². The van der Waals surface area contributed by atoms with Crippen LogP contribution < -0.4 is 9.47 Å². The molecule has 0 amide bonds. The third-order valence-electron chi connectivity index (χ3n) is 5.45. The van der Waals surface area contributed by atoms with Gasteiger partial charge in [-0.25, -0.2) is 16.8 Å². The largest absolute Gasteiger partial charge is 0.493 e. The quantitative estimate of drug-likeness (QED) is 0.620. The SMILES string of the molecule is COc1ccc(S(=O)(=O)N2CCCN(S(=O)(=O)c3c(C)nn(C)c3C)CC2)cc1OC. The van der Waals surface area contributed by atoms with Gasteiger partial charge in [0.15, 0.2) is 11.5 Å². The summed E-state index contributed by atoms with van der Waals surface area (Å²) in [6.07, 6.45) is 0.379. The summed E-state index contributed by atoms with van der Waals surface area (Å²) in [6, 6.07) is 4.41. The molecule has 0 aliphatic carbocycles. The fourth-order valence-corrected chi connectivity index (χ4v) is 7.09. The van der Waals surface area contributed by atoms with Gasteiger partial charge < -0.3 is 9.47 Å². The first-order valence-electron chi connectivity index (χ1n) is 9.76. The van der Waals surface area contributed by atoms with Crippen molar-refractivity contribution in [3.63, 3.8) is 0 Å². The predicted molar refractivity (Wildman–Crippen MR) is 114 cm³/mol. The standard InChI is InChI=1S/C19H28N4O6S2/c1-14-19(15(2)21(3)20-14)31(26,27)23-10-6-9-22(11-12-23)30(24,25)16-7-8-17(28-4)18(13-16)29-5/h7-8,13H,6,9-12H2,1-5H3. The molecule has 1 aliphatic rings. The summed E-state index contributed by atoms with van der Waals surface area (Å²) in [5, 5.41) is 4.20. The maximum absolute atomic E-state index is 13.2. The van der Waals surface area contributed by atoms with E-state index in [0.29, 0.717) is 29.3 Å². The van der Waals surface area contributed by atoms with Gasteiger partial charge in [0, 0.05) is 39.3 Å². The summed E-state index contributed by atoms with van der Waals surface area (Å²) in [5.41, 5.74) is 0.982. The molecule has 0 N–H and O–H groups in total. The molecule has 0 unspecified atom stereocenters. The van der Waals surface area contributed by atoms with Gasteiger partial charge in [-0.15, -0.1) is 0 Å². The monoisotopic (exact) mass is 472 g/mol. The van der Waals surface area contributed by atoms with E-state index in [0.717, 1.165) is 0 Å². The van der Waals surface area contributed by atoms with Crippen LogP contribution in [0.3, 0.4) is 0 Å². The van der Waals surface area contributed by atoms with E-state index < -0.39 is 20.0 Å². The Morgan fingerprint density at radius 1 is 0.871 bits per heavy atom. The average Bonchev–Trinajstić information content (AvgIpc) is 2.91. The fraction of sp³-hybridized carbons (Fsp3) is 0.526. The molecule has 1 aliphatic heterocycles. The minimum atomic E-state index is -3.83. The first kappa shape index (κ1) is 23.5. The van der Waals surface area contributed by atoms with Crippen molar-refractivity contribution in [1.82, 2.24) is 18.4 Å². The second-order valence-corrected chi connectivity index (χ2v) is 11.1. The molecule has 1 aromatic carbocycles. The van der Waals surface area contributed by atoms with Crippen molar-refractivity contribution in [2.24, 2.45) is 7.05 Å². The van der Waals surface area contributed by atoms with Crippen molar-refractivity contribution >= 4 is 20.0 Å². The van der Waals surface area contributed by atoms with Crippen LogP contribution in [0.5, 0.6) is 11.5 Å². The Balaban J connectivity index is 1.85. The van der Waals surface area contributed by atoms with Crippen LogP contribution in [0.15, 0.2) is 28.0 Å². The highest BCUT2D eigenvalue weighted by molar-refractivity contribution is 7.89. The van der Waals surface area contributed by atoms with Crippen molar-refractivity contribution in [1.29, 1.82) is 0 Å². The summed E-state index contributed by atoms with van der Waals surface area (Å²) in [4.78, 5) is 0.256. The second kappa shape index (κ2) is 8.77. The normalized spacial score (nSPS) is 16.8. The Bertz CT molecular complexity index is 1170. The summed E-state index contributed by atoms with van der Waals surface area (Å²) in [6.45, 7) is 3.92. The second-order valence-electron chi connectivity index (χ2n) is 7.30. The number of ether oxygens (including phenoxy) is 2. The van der Waals surface area contributed by atoms with Gasteiger partial charge in [0.1, 0.15) is 4.90 Å².